The molecule has 0 spiro atoms. The predicted octanol–water partition coefficient (Wildman–Crippen LogP) is 2.07. The highest BCUT2D eigenvalue weighted by Gasteiger charge is 1.97. The number of benzene rings is 1. The third-order valence-corrected chi connectivity index (χ3v) is 1.74. The minimum atomic E-state index is 0.842. The van der Waals surface area contributed by atoms with Crippen molar-refractivity contribution in [2.24, 2.45) is 5.16 Å². The third-order valence-electron chi connectivity index (χ3n) is 1.74. The van der Waals surface area contributed by atoms with Crippen LogP contribution < -0.4 is 4.74 Å². The van der Waals surface area contributed by atoms with Gasteiger partial charge in [0.1, 0.15) is 12.9 Å². The molecule has 3 heteroatoms. The molecule has 0 heterocycles. The van der Waals surface area contributed by atoms with Crippen molar-refractivity contribution in [2.45, 2.75) is 6.92 Å². The molecule has 1 aromatic carbocycles. The van der Waals surface area contributed by atoms with Crippen LogP contribution in [-0.2, 0) is 4.84 Å². The van der Waals surface area contributed by atoms with E-state index in [2.05, 4.69) is 9.99 Å². The average molecular weight is 179 g/mol. The molecule has 13 heavy (non-hydrogen) atoms. The Hall–Kier alpha value is -1.51. The van der Waals surface area contributed by atoms with Gasteiger partial charge in [-0.1, -0.05) is 5.16 Å². The zero-order valence-corrected chi connectivity index (χ0v) is 8.07. The molecule has 0 bridgehead atoms. The SMILES string of the molecule is CO/N=C(\C)c1ccc(OC)cc1. The van der Waals surface area contributed by atoms with E-state index in [4.69, 9.17) is 4.74 Å². The minimum absolute atomic E-state index is 0.842. The van der Waals surface area contributed by atoms with E-state index in [9.17, 15) is 0 Å². The molecule has 0 unspecified atom stereocenters. The van der Waals surface area contributed by atoms with Gasteiger partial charge in [-0.2, -0.15) is 0 Å². The third kappa shape index (κ3) is 2.47. The van der Waals surface area contributed by atoms with Gasteiger partial charge in [-0.3, -0.25) is 0 Å². The van der Waals surface area contributed by atoms with Gasteiger partial charge in [-0.25, -0.2) is 0 Å². The summed E-state index contributed by atoms with van der Waals surface area (Å²) in [6.45, 7) is 1.89. The van der Waals surface area contributed by atoms with Crippen molar-refractivity contribution >= 4 is 5.71 Å². The maximum atomic E-state index is 5.04. The zero-order valence-electron chi connectivity index (χ0n) is 8.07. The lowest BCUT2D eigenvalue weighted by Gasteiger charge is -2.01. The highest BCUT2D eigenvalue weighted by molar-refractivity contribution is 5.98. The lowest BCUT2D eigenvalue weighted by molar-refractivity contribution is 0.213. The monoisotopic (exact) mass is 179 g/mol. The van der Waals surface area contributed by atoms with Gasteiger partial charge in [0.15, 0.2) is 0 Å². The van der Waals surface area contributed by atoms with Crippen LogP contribution in [0.5, 0.6) is 5.75 Å². The van der Waals surface area contributed by atoms with E-state index >= 15 is 0 Å². The first-order chi connectivity index (χ1) is 6.27. The van der Waals surface area contributed by atoms with Crippen molar-refractivity contribution in [1.29, 1.82) is 0 Å². The van der Waals surface area contributed by atoms with Crippen LogP contribution >= 0.6 is 0 Å². The lowest BCUT2D eigenvalue weighted by atomic mass is 10.1. The summed E-state index contributed by atoms with van der Waals surface area (Å²) in [5.74, 6) is 0.842. The van der Waals surface area contributed by atoms with Crippen LogP contribution in [0.2, 0.25) is 0 Å². The molecule has 0 amide bonds. The molecule has 1 aromatic rings. The van der Waals surface area contributed by atoms with Crippen molar-refractivity contribution in [3.05, 3.63) is 29.8 Å². The number of ether oxygens (including phenoxy) is 1. The van der Waals surface area contributed by atoms with Crippen molar-refractivity contribution in [2.75, 3.05) is 14.2 Å². The molecule has 0 saturated carbocycles. The Labute approximate surface area is 78.0 Å². The number of hydrogen-bond acceptors (Lipinski definition) is 3. The molecule has 70 valence electrons. The molecule has 0 aliphatic heterocycles. The molecular formula is C10H13NO2. The average Bonchev–Trinajstić information content (AvgIpc) is 2.18. The molecule has 0 aliphatic carbocycles. The van der Waals surface area contributed by atoms with Gasteiger partial charge in [0.05, 0.1) is 12.8 Å². The summed E-state index contributed by atoms with van der Waals surface area (Å²) in [4.78, 5) is 4.67. The molecular weight excluding hydrogens is 166 g/mol. The summed E-state index contributed by atoms with van der Waals surface area (Å²) >= 11 is 0. The zero-order chi connectivity index (χ0) is 9.68. The van der Waals surface area contributed by atoms with Gasteiger partial charge in [0, 0.05) is 0 Å². The Morgan fingerprint density at radius 3 is 2.23 bits per heavy atom. The molecule has 1 rings (SSSR count). The summed E-state index contributed by atoms with van der Waals surface area (Å²) in [6, 6.07) is 7.67. The largest absolute Gasteiger partial charge is 0.497 e. The van der Waals surface area contributed by atoms with Crippen LogP contribution in [0.25, 0.3) is 0 Å². The first kappa shape index (κ1) is 9.58. The number of rotatable bonds is 3. The van der Waals surface area contributed by atoms with Gasteiger partial charge in [-0.05, 0) is 36.8 Å². The fourth-order valence-electron chi connectivity index (χ4n) is 1.02. The van der Waals surface area contributed by atoms with Crippen LogP contribution in [0.3, 0.4) is 0 Å². The molecule has 0 N–H and O–H groups in total. The highest BCUT2D eigenvalue weighted by atomic mass is 16.6. The summed E-state index contributed by atoms with van der Waals surface area (Å²) in [5, 5.41) is 3.83. The fraction of sp³-hybridized carbons (Fsp3) is 0.300. The highest BCUT2D eigenvalue weighted by Crippen LogP contribution is 2.11. The smallest absolute Gasteiger partial charge is 0.118 e. The van der Waals surface area contributed by atoms with E-state index in [0.29, 0.717) is 0 Å². The van der Waals surface area contributed by atoms with E-state index in [1.807, 2.05) is 31.2 Å². The number of nitrogens with zero attached hydrogens (tertiary/aromatic N) is 1. The topological polar surface area (TPSA) is 30.8 Å². The van der Waals surface area contributed by atoms with E-state index in [1.54, 1.807) is 7.11 Å². The fourth-order valence-corrected chi connectivity index (χ4v) is 1.02. The number of hydrogen-bond donors (Lipinski definition) is 0. The van der Waals surface area contributed by atoms with Gasteiger partial charge in [-0.15, -0.1) is 0 Å². The summed E-state index contributed by atoms with van der Waals surface area (Å²) in [5.41, 5.74) is 1.88. The van der Waals surface area contributed by atoms with E-state index in [0.717, 1.165) is 17.0 Å². The second kappa shape index (κ2) is 4.50. The maximum absolute atomic E-state index is 5.04. The standard InChI is InChI=1S/C10H13NO2/c1-8(11-13-3)9-4-6-10(12-2)7-5-9/h4-7H,1-3H3/b11-8+. The first-order valence-corrected chi connectivity index (χ1v) is 4.00. The molecule has 0 fully saturated rings. The van der Waals surface area contributed by atoms with Crippen LogP contribution in [0, 0.1) is 0 Å². The second-order valence-electron chi connectivity index (χ2n) is 2.59. The van der Waals surface area contributed by atoms with E-state index in [1.165, 1.54) is 7.11 Å². The first-order valence-electron chi connectivity index (χ1n) is 4.00. The van der Waals surface area contributed by atoms with Crippen molar-refractivity contribution in [3.63, 3.8) is 0 Å². The van der Waals surface area contributed by atoms with Crippen molar-refractivity contribution < 1.29 is 9.57 Å². The quantitative estimate of drug-likeness (QED) is 0.525. The summed E-state index contributed by atoms with van der Waals surface area (Å²) in [6.07, 6.45) is 0. The molecule has 0 aromatic heterocycles. The molecule has 0 aliphatic rings. The lowest BCUT2D eigenvalue weighted by Crippen LogP contribution is -1.95. The van der Waals surface area contributed by atoms with Crippen LogP contribution in [0.4, 0.5) is 0 Å². The summed E-state index contributed by atoms with van der Waals surface area (Å²) in [7, 11) is 3.18. The Morgan fingerprint density at radius 1 is 1.15 bits per heavy atom. The Bertz CT molecular complexity index is 290. The Balaban J connectivity index is 2.85. The van der Waals surface area contributed by atoms with Crippen molar-refractivity contribution in [3.8, 4) is 5.75 Å². The van der Waals surface area contributed by atoms with Crippen LogP contribution in [-0.4, -0.2) is 19.9 Å². The van der Waals surface area contributed by atoms with Gasteiger partial charge < -0.3 is 9.57 Å². The normalized spacial score (nSPS) is 11.2. The Kier molecular flexibility index (Phi) is 3.31. The maximum Gasteiger partial charge on any atom is 0.118 e. The van der Waals surface area contributed by atoms with Crippen molar-refractivity contribution in [1.82, 2.24) is 0 Å². The van der Waals surface area contributed by atoms with Gasteiger partial charge in [0.25, 0.3) is 0 Å². The molecule has 0 radical (unpaired) electrons. The molecule has 0 atom stereocenters. The van der Waals surface area contributed by atoms with Gasteiger partial charge >= 0.3 is 0 Å². The molecule has 0 saturated heterocycles. The number of methoxy groups -OCH3 is 1. The number of oxime groups is 1. The second-order valence-corrected chi connectivity index (χ2v) is 2.59. The predicted molar refractivity (Wildman–Crippen MR) is 52.2 cm³/mol. The summed E-state index contributed by atoms with van der Waals surface area (Å²) < 4.78 is 5.04. The van der Waals surface area contributed by atoms with E-state index in [-0.39, 0.29) is 0 Å². The van der Waals surface area contributed by atoms with E-state index < -0.39 is 0 Å². The van der Waals surface area contributed by atoms with Crippen LogP contribution in [0.1, 0.15) is 12.5 Å². The molecule has 3 nitrogen and oxygen atoms in total. The van der Waals surface area contributed by atoms with Gasteiger partial charge in [0.2, 0.25) is 0 Å². The minimum Gasteiger partial charge on any atom is -0.497 e. The van der Waals surface area contributed by atoms with Crippen LogP contribution in [0.15, 0.2) is 29.4 Å². The Morgan fingerprint density at radius 2 is 1.77 bits per heavy atom.